The van der Waals surface area contributed by atoms with Crippen LogP contribution < -0.4 is 4.74 Å². The normalized spacial score (nSPS) is 11.5. The van der Waals surface area contributed by atoms with E-state index in [1.807, 2.05) is 12.1 Å². The van der Waals surface area contributed by atoms with Crippen molar-refractivity contribution in [3.8, 4) is 5.75 Å². The Morgan fingerprint density at radius 2 is 1.67 bits per heavy atom. The van der Waals surface area contributed by atoms with Gasteiger partial charge < -0.3 is 4.74 Å². The van der Waals surface area contributed by atoms with Gasteiger partial charge in [-0.25, -0.2) is 0 Å². The van der Waals surface area contributed by atoms with Crippen molar-refractivity contribution < 1.29 is 4.74 Å². The van der Waals surface area contributed by atoms with Gasteiger partial charge in [-0.15, -0.1) is 0 Å². The third kappa shape index (κ3) is 4.58. The number of alkyl halides is 1. The van der Waals surface area contributed by atoms with Crippen LogP contribution in [0.15, 0.2) is 46.9 Å². The monoisotopic (exact) mass is 410 g/mol. The van der Waals surface area contributed by atoms with Gasteiger partial charge in [-0.05, 0) is 34.7 Å². The number of halogens is 2. The SMILES string of the molecule is CC(C)(C)c1ccc(COc2ccc(Br)cc2CBr)cc1. The van der Waals surface area contributed by atoms with E-state index in [1.165, 1.54) is 11.1 Å². The van der Waals surface area contributed by atoms with Crippen molar-refractivity contribution in [3.05, 3.63) is 63.6 Å². The zero-order valence-corrected chi connectivity index (χ0v) is 15.8. The van der Waals surface area contributed by atoms with Crippen molar-refractivity contribution in [1.29, 1.82) is 0 Å². The van der Waals surface area contributed by atoms with E-state index in [0.29, 0.717) is 6.61 Å². The minimum atomic E-state index is 0.189. The molecule has 0 saturated carbocycles. The van der Waals surface area contributed by atoms with Gasteiger partial charge in [0.15, 0.2) is 0 Å². The zero-order chi connectivity index (χ0) is 15.5. The highest BCUT2D eigenvalue weighted by Gasteiger charge is 2.13. The Hall–Kier alpha value is -0.800. The van der Waals surface area contributed by atoms with E-state index in [1.54, 1.807) is 0 Å². The summed E-state index contributed by atoms with van der Waals surface area (Å²) in [7, 11) is 0. The summed E-state index contributed by atoms with van der Waals surface area (Å²) in [5, 5.41) is 0.782. The second kappa shape index (κ2) is 6.97. The lowest BCUT2D eigenvalue weighted by atomic mass is 9.87. The van der Waals surface area contributed by atoms with Crippen LogP contribution in [-0.2, 0) is 17.4 Å². The van der Waals surface area contributed by atoms with Gasteiger partial charge in [0.25, 0.3) is 0 Å². The minimum absolute atomic E-state index is 0.189. The number of hydrogen-bond acceptors (Lipinski definition) is 1. The molecule has 112 valence electrons. The van der Waals surface area contributed by atoms with E-state index in [2.05, 4.69) is 83.0 Å². The lowest BCUT2D eigenvalue weighted by molar-refractivity contribution is 0.304. The molecule has 0 unspecified atom stereocenters. The molecule has 2 aromatic carbocycles. The van der Waals surface area contributed by atoms with Crippen LogP contribution in [0.25, 0.3) is 0 Å². The molecule has 0 bridgehead atoms. The maximum atomic E-state index is 5.94. The van der Waals surface area contributed by atoms with Crippen LogP contribution in [0.2, 0.25) is 0 Å². The van der Waals surface area contributed by atoms with Crippen molar-refractivity contribution in [2.45, 2.75) is 38.1 Å². The van der Waals surface area contributed by atoms with Gasteiger partial charge in [0.05, 0.1) is 0 Å². The molecule has 0 amide bonds. The molecule has 0 heterocycles. The van der Waals surface area contributed by atoms with E-state index in [9.17, 15) is 0 Å². The molecular formula is C18H20Br2O. The van der Waals surface area contributed by atoms with Crippen LogP contribution in [0.1, 0.15) is 37.5 Å². The van der Waals surface area contributed by atoms with Crippen LogP contribution in [0, 0.1) is 0 Å². The molecule has 0 radical (unpaired) electrons. The summed E-state index contributed by atoms with van der Waals surface area (Å²) in [6.45, 7) is 7.26. The van der Waals surface area contributed by atoms with E-state index < -0.39 is 0 Å². The van der Waals surface area contributed by atoms with E-state index in [-0.39, 0.29) is 5.41 Å². The molecule has 0 spiro atoms. The maximum Gasteiger partial charge on any atom is 0.123 e. The van der Waals surface area contributed by atoms with Crippen molar-refractivity contribution in [1.82, 2.24) is 0 Å². The summed E-state index contributed by atoms with van der Waals surface area (Å²) in [5.41, 5.74) is 3.87. The van der Waals surface area contributed by atoms with E-state index >= 15 is 0 Å². The first-order valence-corrected chi connectivity index (χ1v) is 8.88. The fourth-order valence-electron chi connectivity index (χ4n) is 2.06. The summed E-state index contributed by atoms with van der Waals surface area (Å²) >= 11 is 6.98. The molecular weight excluding hydrogens is 392 g/mol. The molecule has 0 aliphatic heterocycles. The molecule has 0 aliphatic carbocycles. The summed E-state index contributed by atoms with van der Waals surface area (Å²) < 4.78 is 7.01. The summed E-state index contributed by atoms with van der Waals surface area (Å²) in [6, 6.07) is 14.7. The van der Waals surface area contributed by atoms with Crippen LogP contribution >= 0.6 is 31.9 Å². The molecule has 0 fully saturated rings. The van der Waals surface area contributed by atoms with Crippen molar-refractivity contribution >= 4 is 31.9 Å². The first-order valence-electron chi connectivity index (χ1n) is 6.97. The molecule has 1 nitrogen and oxygen atoms in total. The van der Waals surface area contributed by atoms with Crippen LogP contribution in [0.4, 0.5) is 0 Å². The highest BCUT2D eigenvalue weighted by atomic mass is 79.9. The van der Waals surface area contributed by atoms with Gasteiger partial charge in [-0.1, -0.05) is 76.9 Å². The standard InChI is InChI=1S/C18H20Br2O/c1-18(2,3)15-6-4-13(5-7-15)12-21-17-9-8-16(20)10-14(17)11-19/h4-10H,11-12H2,1-3H3. The molecule has 2 rings (SSSR count). The zero-order valence-electron chi connectivity index (χ0n) is 12.6. The third-order valence-corrected chi connectivity index (χ3v) is 4.48. The van der Waals surface area contributed by atoms with Crippen molar-refractivity contribution in [2.24, 2.45) is 0 Å². The summed E-state index contributed by atoms with van der Waals surface area (Å²) in [4.78, 5) is 0. The average Bonchev–Trinajstić information content (AvgIpc) is 2.45. The molecule has 3 heteroatoms. The first-order chi connectivity index (χ1) is 9.90. The smallest absolute Gasteiger partial charge is 0.123 e. The Labute approximate surface area is 144 Å². The predicted octanol–water partition coefficient (Wildman–Crippen LogP) is 6.22. The van der Waals surface area contributed by atoms with E-state index in [4.69, 9.17) is 4.74 Å². The molecule has 0 aromatic heterocycles. The van der Waals surface area contributed by atoms with Crippen molar-refractivity contribution in [3.63, 3.8) is 0 Å². The molecule has 0 N–H and O–H groups in total. The molecule has 0 saturated heterocycles. The molecule has 2 aromatic rings. The number of benzene rings is 2. The average molecular weight is 412 g/mol. The fraction of sp³-hybridized carbons (Fsp3) is 0.333. The third-order valence-electron chi connectivity index (χ3n) is 3.38. The maximum absolute atomic E-state index is 5.94. The minimum Gasteiger partial charge on any atom is -0.489 e. The Morgan fingerprint density at radius 3 is 2.24 bits per heavy atom. The first kappa shape index (κ1) is 16.6. The highest BCUT2D eigenvalue weighted by Crippen LogP contribution is 2.27. The number of hydrogen-bond donors (Lipinski definition) is 0. The van der Waals surface area contributed by atoms with Crippen LogP contribution in [-0.4, -0.2) is 0 Å². The van der Waals surface area contributed by atoms with Crippen molar-refractivity contribution in [2.75, 3.05) is 0 Å². The van der Waals surface area contributed by atoms with E-state index in [0.717, 1.165) is 21.1 Å². The Bertz CT molecular complexity index is 598. The topological polar surface area (TPSA) is 9.23 Å². The van der Waals surface area contributed by atoms with Gasteiger partial charge in [0.2, 0.25) is 0 Å². The lowest BCUT2D eigenvalue weighted by Crippen LogP contribution is -2.10. The summed E-state index contributed by atoms with van der Waals surface area (Å²) in [6.07, 6.45) is 0. The quantitative estimate of drug-likeness (QED) is 0.542. The van der Waals surface area contributed by atoms with Crippen LogP contribution in [0.5, 0.6) is 5.75 Å². The van der Waals surface area contributed by atoms with Crippen LogP contribution in [0.3, 0.4) is 0 Å². The number of ether oxygens (including phenoxy) is 1. The Morgan fingerprint density at radius 1 is 1.00 bits per heavy atom. The second-order valence-electron chi connectivity index (χ2n) is 6.12. The van der Waals surface area contributed by atoms with Gasteiger partial charge in [0.1, 0.15) is 12.4 Å². The fourth-order valence-corrected chi connectivity index (χ4v) is 2.90. The Kier molecular flexibility index (Phi) is 5.50. The van der Waals surface area contributed by atoms with Gasteiger partial charge in [-0.3, -0.25) is 0 Å². The Balaban J connectivity index is 2.07. The van der Waals surface area contributed by atoms with Gasteiger partial charge in [0, 0.05) is 15.4 Å². The van der Waals surface area contributed by atoms with Gasteiger partial charge in [-0.2, -0.15) is 0 Å². The highest BCUT2D eigenvalue weighted by molar-refractivity contribution is 9.10. The molecule has 0 atom stereocenters. The second-order valence-corrected chi connectivity index (χ2v) is 7.60. The predicted molar refractivity (Wildman–Crippen MR) is 96.2 cm³/mol. The molecule has 0 aliphatic rings. The largest absolute Gasteiger partial charge is 0.489 e. The van der Waals surface area contributed by atoms with Gasteiger partial charge >= 0.3 is 0 Å². The number of rotatable bonds is 4. The summed E-state index contributed by atoms with van der Waals surface area (Å²) in [5.74, 6) is 0.926. The lowest BCUT2D eigenvalue weighted by Gasteiger charge is -2.19. The molecule has 21 heavy (non-hydrogen) atoms.